The first-order chi connectivity index (χ1) is 11.9. The molecule has 0 spiro atoms. The van der Waals surface area contributed by atoms with Crippen LogP contribution in [0.15, 0.2) is 11.6 Å². The van der Waals surface area contributed by atoms with Gasteiger partial charge < -0.3 is 19.5 Å². The van der Waals surface area contributed by atoms with E-state index in [-0.39, 0.29) is 12.0 Å². The van der Waals surface area contributed by atoms with Gasteiger partial charge in [-0.2, -0.15) is 0 Å². The summed E-state index contributed by atoms with van der Waals surface area (Å²) in [5.41, 5.74) is 5.90. The molecule has 0 bridgehead atoms. The highest BCUT2D eigenvalue weighted by Gasteiger charge is 2.26. The van der Waals surface area contributed by atoms with E-state index in [1.165, 1.54) is 11.3 Å². The summed E-state index contributed by atoms with van der Waals surface area (Å²) in [5, 5.41) is 0. The van der Waals surface area contributed by atoms with Gasteiger partial charge in [0.1, 0.15) is 4.88 Å². The molecule has 1 atom stereocenters. The number of nitrogens with one attached hydrogen (secondary N) is 1. The summed E-state index contributed by atoms with van der Waals surface area (Å²) < 4.78 is 5.89. The summed E-state index contributed by atoms with van der Waals surface area (Å²) in [5.74, 6) is 0.0371. The van der Waals surface area contributed by atoms with Crippen LogP contribution in [-0.2, 0) is 11.3 Å². The summed E-state index contributed by atoms with van der Waals surface area (Å²) >= 11 is 1.41. The number of likely N-dealkylation sites (N-methyl/N-ethyl adjacent to an activating group) is 1. The summed E-state index contributed by atoms with van der Waals surface area (Å²) in [6.07, 6.45) is 0.0382. The number of ether oxygens (including phenoxy) is 1. The molecular weight excluding hydrogens is 336 g/mol. The molecule has 1 saturated heterocycles. The molecule has 1 aliphatic heterocycles. The van der Waals surface area contributed by atoms with Gasteiger partial charge in [-0.25, -0.2) is 4.98 Å². The monoisotopic (exact) mass is 362 g/mol. The van der Waals surface area contributed by atoms with Gasteiger partial charge in [0.15, 0.2) is 0 Å². The van der Waals surface area contributed by atoms with Crippen molar-refractivity contribution in [3.63, 3.8) is 0 Å². The van der Waals surface area contributed by atoms with E-state index < -0.39 is 0 Å². The van der Waals surface area contributed by atoms with Gasteiger partial charge in [0.25, 0.3) is 5.91 Å². The fourth-order valence-electron chi connectivity index (χ4n) is 3.24. The fraction of sp³-hybridized carbons (Fsp3) is 0.556. The van der Waals surface area contributed by atoms with Crippen LogP contribution in [-0.4, -0.2) is 65.1 Å². The molecule has 6 nitrogen and oxygen atoms in total. The first kappa shape index (κ1) is 18.1. The Bertz CT molecular complexity index is 739. The minimum absolute atomic E-state index is 0.0371. The molecule has 2 aromatic heterocycles. The molecule has 0 aromatic carbocycles. The average Bonchev–Trinajstić information content (AvgIpc) is 3.11. The summed E-state index contributed by atoms with van der Waals surface area (Å²) in [6, 6.07) is 2.11. The maximum atomic E-state index is 13.1. The lowest BCUT2D eigenvalue weighted by atomic mass is 10.2. The lowest BCUT2D eigenvalue weighted by molar-refractivity contribution is -0.0336. The van der Waals surface area contributed by atoms with Gasteiger partial charge >= 0.3 is 0 Å². The van der Waals surface area contributed by atoms with E-state index >= 15 is 0 Å². The molecule has 1 fully saturated rings. The van der Waals surface area contributed by atoms with E-state index in [9.17, 15) is 4.79 Å². The van der Waals surface area contributed by atoms with Crippen LogP contribution in [0, 0.1) is 20.8 Å². The number of hydrogen-bond acceptors (Lipinski definition) is 5. The minimum Gasteiger partial charge on any atom is -0.374 e. The molecule has 1 amide bonds. The van der Waals surface area contributed by atoms with Gasteiger partial charge in [-0.1, -0.05) is 0 Å². The van der Waals surface area contributed by atoms with Crippen LogP contribution in [0.2, 0.25) is 0 Å². The van der Waals surface area contributed by atoms with E-state index in [0.717, 1.165) is 35.7 Å². The molecule has 25 heavy (non-hydrogen) atoms. The number of amides is 1. The van der Waals surface area contributed by atoms with E-state index in [4.69, 9.17) is 4.74 Å². The Labute approximate surface area is 152 Å². The van der Waals surface area contributed by atoms with Crippen molar-refractivity contribution >= 4 is 17.2 Å². The van der Waals surface area contributed by atoms with Crippen molar-refractivity contribution < 1.29 is 9.53 Å². The zero-order valence-electron chi connectivity index (χ0n) is 15.3. The number of aromatic amines is 1. The van der Waals surface area contributed by atoms with Crippen molar-refractivity contribution in [1.29, 1.82) is 0 Å². The first-order valence-corrected chi connectivity index (χ1v) is 9.46. The van der Waals surface area contributed by atoms with Gasteiger partial charge in [0.2, 0.25) is 0 Å². The normalized spacial score (nSPS) is 18.5. The topological polar surface area (TPSA) is 61.5 Å². The predicted octanol–water partition coefficient (Wildman–Crippen LogP) is 2.37. The second-order valence-electron chi connectivity index (χ2n) is 6.81. The molecular formula is C18H26N4O2S. The maximum Gasteiger partial charge on any atom is 0.266 e. The molecule has 2 aromatic rings. The second kappa shape index (κ2) is 7.68. The third kappa shape index (κ3) is 4.29. The molecule has 0 saturated carbocycles. The number of carbonyl (C=O) groups is 1. The van der Waals surface area contributed by atoms with Crippen LogP contribution in [0.1, 0.15) is 32.3 Å². The molecule has 1 N–H and O–H groups in total. The van der Waals surface area contributed by atoms with Gasteiger partial charge in [-0.15, -0.1) is 11.3 Å². The Morgan fingerprint density at radius 3 is 2.88 bits per heavy atom. The van der Waals surface area contributed by atoms with Gasteiger partial charge in [-0.3, -0.25) is 4.79 Å². The molecule has 3 rings (SSSR count). The Kier molecular flexibility index (Phi) is 5.56. The Morgan fingerprint density at radius 1 is 1.48 bits per heavy atom. The number of rotatable bonds is 5. The number of hydrogen-bond donors (Lipinski definition) is 1. The predicted molar refractivity (Wildman–Crippen MR) is 99.1 cm³/mol. The van der Waals surface area contributed by atoms with E-state index in [1.807, 2.05) is 25.7 Å². The maximum absolute atomic E-state index is 13.1. The van der Waals surface area contributed by atoms with E-state index in [0.29, 0.717) is 24.6 Å². The Hall–Kier alpha value is -1.70. The van der Waals surface area contributed by atoms with Crippen molar-refractivity contribution in [1.82, 2.24) is 19.8 Å². The Morgan fingerprint density at radius 2 is 2.28 bits per heavy atom. The highest BCUT2D eigenvalue weighted by molar-refractivity contribution is 7.11. The van der Waals surface area contributed by atoms with Gasteiger partial charge in [-0.05, 0) is 39.4 Å². The number of H-pyrrole nitrogens is 1. The standard InChI is InChI=1S/C18H26N4O2S/c1-12-7-15(13(2)20-12)8-22(10-16-9-21(4)5-6-24-16)18(23)17-14(3)19-11-25-17/h7,11,16,20H,5-6,8-10H2,1-4H3. The SMILES string of the molecule is Cc1cc(CN(CC2CN(C)CCO2)C(=O)c2scnc2C)c(C)[nH]1. The zero-order valence-corrected chi connectivity index (χ0v) is 16.2. The zero-order chi connectivity index (χ0) is 18.0. The largest absolute Gasteiger partial charge is 0.374 e. The van der Waals surface area contributed by atoms with Crippen LogP contribution in [0.5, 0.6) is 0 Å². The number of thiazole rings is 1. The summed E-state index contributed by atoms with van der Waals surface area (Å²) in [7, 11) is 2.09. The summed E-state index contributed by atoms with van der Waals surface area (Å²) in [4.78, 5) is 25.5. The number of nitrogens with zero attached hydrogens (tertiary/aromatic N) is 3. The number of morpholine rings is 1. The van der Waals surface area contributed by atoms with Gasteiger partial charge in [0, 0.05) is 37.6 Å². The number of aryl methyl sites for hydroxylation is 3. The quantitative estimate of drug-likeness (QED) is 0.887. The minimum atomic E-state index is 0.0371. The van der Waals surface area contributed by atoms with Crippen LogP contribution >= 0.6 is 11.3 Å². The molecule has 1 unspecified atom stereocenters. The lowest BCUT2D eigenvalue weighted by Gasteiger charge is -2.34. The van der Waals surface area contributed by atoms with Crippen molar-refractivity contribution in [3.05, 3.63) is 39.1 Å². The molecule has 3 heterocycles. The van der Waals surface area contributed by atoms with Crippen molar-refractivity contribution in [2.75, 3.05) is 33.3 Å². The molecule has 0 radical (unpaired) electrons. The summed E-state index contributed by atoms with van der Waals surface area (Å²) in [6.45, 7) is 9.64. The molecule has 1 aliphatic rings. The van der Waals surface area contributed by atoms with Crippen molar-refractivity contribution in [3.8, 4) is 0 Å². The number of carbonyl (C=O) groups excluding carboxylic acids is 1. The van der Waals surface area contributed by atoms with E-state index in [2.05, 4.69) is 28.0 Å². The number of aromatic nitrogens is 2. The van der Waals surface area contributed by atoms with Crippen LogP contribution in [0.3, 0.4) is 0 Å². The molecule has 7 heteroatoms. The molecule has 0 aliphatic carbocycles. The average molecular weight is 362 g/mol. The third-order valence-corrected chi connectivity index (χ3v) is 5.53. The van der Waals surface area contributed by atoms with Crippen molar-refractivity contribution in [2.45, 2.75) is 33.4 Å². The first-order valence-electron chi connectivity index (χ1n) is 8.58. The fourth-order valence-corrected chi connectivity index (χ4v) is 4.01. The van der Waals surface area contributed by atoms with Gasteiger partial charge in [0.05, 0.1) is 23.9 Å². The highest BCUT2D eigenvalue weighted by atomic mass is 32.1. The van der Waals surface area contributed by atoms with Crippen LogP contribution in [0.4, 0.5) is 0 Å². The lowest BCUT2D eigenvalue weighted by Crippen LogP contribution is -2.47. The smallest absolute Gasteiger partial charge is 0.266 e. The molecule has 136 valence electrons. The van der Waals surface area contributed by atoms with Crippen LogP contribution in [0.25, 0.3) is 0 Å². The van der Waals surface area contributed by atoms with E-state index in [1.54, 1.807) is 5.51 Å². The van der Waals surface area contributed by atoms with Crippen LogP contribution < -0.4 is 0 Å². The second-order valence-corrected chi connectivity index (χ2v) is 7.66. The third-order valence-electron chi connectivity index (χ3n) is 4.61. The highest BCUT2D eigenvalue weighted by Crippen LogP contribution is 2.20. The van der Waals surface area contributed by atoms with Crippen molar-refractivity contribution in [2.24, 2.45) is 0 Å². The Balaban J connectivity index is 1.81.